The van der Waals surface area contributed by atoms with Crippen LogP contribution in [0.2, 0.25) is 5.02 Å². The topological polar surface area (TPSA) is 95.7 Å². The molecule has 0 saturated heterocycles. The number of benzene rings is 2. The van der Waals surface area contributed by atoms with Crippen molar-refractivity contribution in [1.29, 1.82) is 0 Å². The number of nitrogens with zero attached hydrogens (tertiary/aromatic N) is 7. The summed E-state index contributed by atoms with van der Waals surface area (Å²) in [5.74, 6) is -1.67. The Kier molecular flexibility index (Phi) is 6.02. The normalized spacial score (nSPS) is 14.0. The van der Waals surface area contributed by atoms with Crippen LogP contribution in [0.3, 0.4) is 0 Å². The van der Waals surface area contributed by atoms with E-state index in [-0.39, 0.29) is 17.8 Å². The predicted octanol–water partition coefficient (Wildman–Crippen LogP) is 3.50. The van der Waals surface area contributed by atoms with Crippen molar-refractivity contribution in [2.45, 2.75) is 25.1 Å². The fourth-order valence-electron chi connectivity index (χ4n) is 4.10. The van der Waals surface area contributed by atoms with E-state index >= 15 is 0 Å². The molecule has 3 aromatic heterocycles. The molecule has 0 bridgehead atoms. The molecule has 0 spiro atoms. The van der Waals surface area contributed by atoms with Crippen molar-refractivity contribution >= 4 is 11.6 Å². The Bertz CT molecular complexity index is 1560. The van der Waals surface area contributed by atoms with Gasteiger partial charge in [0.15, 0.2) is 0 Å². The maximum Gasteiger partial charge on any atom is 0.337 e. The average Bonchev–Trinajstić information content (AvgIpc) is 3.60. The SMILES string of the molecule is C[C@@H](n1cc(-n2ccn(-c3ccc(Cl)cc3)c2=O)cn1)[C@](O)(Cn1cncn1)c1ccc(F)cc1F. The standard InChI is InChI=1S/C24H20ClF2N7O2/c1-16(24(36,13-31-15-28-14-30-31)21-7-4-18(26)10-22(21)27)34-12-20(11-29-34)33-9-8-32(23(33)35)19-5-2-17(25)3-6-19/h2-12,14-16,36H,13H2,1H3/t16-,24-/m1/s1. The van der Waals surface area contributed by atoms with Gasteiger partial charge in [0, 0.05) is 35.2 Å². The summed E-state index contributed by atoms with van der Waals surface area (Å²) in [5, 5.41) is 20.7. The molecule has 0 radical (unpaired) electrons. The summed E-state index contributed by atoms with van der Waals surface area (Å²) in [6.45, 7) is 1.46. The van der Waals surface area contributed by atoms with Crippen LogP contribution >= 0.6 is 11.6 Å². The molecule has 0 aliphatic heterocycles. The highest BCUT2D eigenvalue weighted by Crippen LogP contribution is 2.36. The van der Waals surface area contributed by atoms with Crippen LogP contribution in [0.1, 0.15) is 18.5 Å². The number of rotatable bonds is 7. The number of aromatic nitrogens is 7. The molecule has 5 aromatic rings. The zero-order valence-corrected chi connectivity index (χ0v) is 19.7. The Morgan fingerprint density at radius 2 is 1.78 bits per heavy atom. The molecule has 0 unspecified atom stereocenters. The molecule has 0 aliphatic carbocycles. The largest absolute Gasteiger partial charge is 0.381 e. The van der Waals surface area contributed by atoms with E-state index < -0.39 is 23.3 Å². The molecule has 1 N–H and O–H groups in total. The van der Waals surface area contributed by atoms with Crippen LogP contribution < -0.4 is 5.69 Å². The van der Waals surface area contributed by atoms with Gasteiger partial charge in [-0.25, -0.2) is 23.2 Å². The number of imidazole rings is 1. The first-order valence-electron chi connectivity index (χ1n) is 10.9. The van der Waals surface area contributed by atoms with Crippen LogP contribution in [0.15, 0.2) is 84.7 Å². The minimum Gasteiger partial charge on any atom is -0.381 e. The van der Waals surface area contributed by atoms with Gasteiger partial charge in [-0.2, -0.15) is 10.2 Å². The summed E-state index contributed by atoms with van der Waals surface area (Å²) in [7, 11) is 0. The molecule has 2 atom stereocenters. The zero-order valence-electron chi connectivity index (χ0n) is 18.9. The summed E-state index contributed by atoms with van der Waals surface area (Å²) < 4.78 is 34.0. The van der Waals surface area contributed by atoms with Crippen molar-refractivity contribution in [3.8, 4) is 11.4 Å². The highest BCUT2D eigenvalue weighted by molar-refractivity contribution is 6.30. The van der Waals surface area contributed by atoms with Gasteiger partial charge in [-0.3, -0.25) is 13.8 Å². The highest BCUT2D eigenvalue weighted by Gasteiger charge is 2.41. The van der Waals surface area contributed by atoms with Crippen LogP contribution in [0, 0.1) is 11.6 Å². The minimum atomic E-state index is -1.89. The van der Waals surface area contributed by atoms with Gasteiger partial charge in [0.1, 0.15) is 29.9 Å². The molecule has 12 heteroatoms. The van der Waals surface area contributed by atoms with E-state index in [1.165, 1.54) is 43.4 Å². The zero-order chi connectivity index (χ0) is 25.4. The smallest absolute Gasteiger partial charge is 0.337 e. The van der Waals surface area contributed by atoms with E-state index in [4.69, 9.17) is 11.6 Å². The van der Waals surface area contributed by atoms with Gasteiger partial charge in [-0.1, -0.05) is 17.7 Å². The second-order valence-corrected chi connectivity index (χ2v) is 8.73. The van der Waals surface area contributed by atoms with Gasteiger partial charge >= 0.3 is 5.69 Å². The lowest BCUT2D eigenvalue weighted by Gasteiger charge is -2.34. The minimum absolute atomic E-state index is 0.130. The van der Waals surface area contributed by atoms with Gasteiger partial charge in [0.2, 0.25) is 0 Å². The van der Waals surface area contributed by atoms with Crippen LogP contribution in [0.5, 0.6) is 0 Å². The van der Waals surface area contributed by atoms with Crippen LogP contribution in [0.4, 0.5) is 8.78 Å². The maximum absolute atomic E-state index is 14.8. The molecular formula is C24H20ClF2N7O2. The van der Waals surface area contributed by atoms with Crippen molar-refractivity contribution in [3.05, 3.63) is 113 Å². The molecule has 0 fully saturated rings. The lowest BCUT2D eigenvalue weighted by atomic mass is 9.86. The van der Waals surface area contributed by atoms with Crippen molar-refractivity contribution in [2.24, 2.45) is 0 Å². The average molecular weight is 512 g/mol. The monoisotopic (exact) mass is 511 g/mol. The molecule has 184 valence electrons. The van der Waals surface area contributed by atoms with Crippen molar-refractivity contribution in [2.75, 3.05) is 0 Å². The molecule has 0 aliphatic rings. The number of aliphatic hydroxyl groups is 1. The third-order valence-corrected chi connectivity index (χ3v) is 6.35. The maximum atomic E-state index is 14.8. The summed E-state index contributed by atoms with van der Waals surface area (Å²) in [6, 6.07) is 8.94. The Hall–Kier alpha value is -4.09. The summed E-state index contributed by atoms with van der Waals surface area (Å²) >= 11 is 5.94. The summed E-state index contributed by atoms with van der Waals surface area (Å²) in [5.41, 5.74) is -1.29. The quantitative estimate of drug-likeness (QED) is 0.361. The number of halogens is 3. The van der Waals surface area contributed by atoms with Crippen LogP contribution in [-0.4, -0.2) is 38.8 Å². The van der Waals surface area contributed by atoms with Gasteiger partial charge in [0.25, 0.3) is 0 Å². The molecular weight excluding hydrogens is 492 g/mol. The van der Waals surface area contributed by atoms with E-state index in [0.717, 1.165) is 6.07 Å². The van der Waals surface area contributed by atoms with Gasteiger partial charge in [-0.05, 0) is 37.3 Å². The lowest BCUT2D eigenvalue weighted by Crippen LogP contribution is -2.40. The summed E-state index contributed by atoms with van der Waals surface area (Å²) in [6.07, 6.45) is 8.89. The molecule has 0 saturated carbocycles. The second kappa shape index (κ2) is 9.17. The second-order valence-electron chi connectivity index (χ2n) is 8.29. The van der Waals surface area contributed by atoms with Crippen molar-refractivity contribution in [1.82, 2.24) is 33.7 Å². The highest BCUT2D eigenvalue weighted by atomic mass is 35.5. The third-order valence-electron chi connectivity index (χ3n) is 6.10. The lowest BCUT2D eigenvalue weighted by molar-refractivity contribution is -0.0368. The molecule has 5 rings (SSSR count). The number of hydrogen-bond acceptors (Lipinski definition) is 5. The molecule has 9 nitrogen and oxygen atoms in total. The van der Waals surface area contributed by atoms with Gasteiger partial charge in [0.05, 0.1) is 30.2 Å². The van der Waals surface area contributed by atoms with Crippen LogP contribution in [0.25, 0.3) is 11.4 Å². The molecule has 0 amide bonds. The van der Waals surface area contributed by atoms with Crippen LogP contribution in [-0.2, 0) is 12.1 Å². The number of hydrogen-bond donors (Lipinski definition) is 1. The Balaban J connectivity index is 1.51. The fourth-order valence-corrected chi connectivity index (χ4v) is 4.22. The Morgan fingerprint density at radius 1 is 1.06 bits per heavy atom. The third kappa shape index (κ3) is 4.23. The molecule has 3 heterocycles. The first-order valence-corrected chi connectivity index (χ1v) is 11.2. The van der Waals surface area contributed by atoms with Gasteiger partial charge in [-0.15, -0.1) is 0 Å². The predicted molar refractivity (Wildman–Crippen MR) is 127 cm³/mol. The van der Waals surface area contributed by atoms with E-state index in [0.29, 0.717) is 22.5 Å². The molecule has 2 aromatic carbocycles. The first kappa shape index (κ1) is 23.6. The first-order chi connectivity index (χ1) is 17.3. The van der Waals surface area contributed by atoms with E-state index in [1.54, 1.807) is 49.8 Å². The summed E-state index contributed by atoms with van der Waals surface area (Å²) in [4.78, 5) is 16.9. The Labute approximate surface area is 208 Å². The van der Waals surface area contributed by atoms with E-state index in [2.05, 4.69) is 15.2 Å². The Morgan fingerprint density at radius 3 is 2.44 bits per heavy atom. The van der Waals surface area contributed by atoms with Gasteiger partial charge < -0.3 is 5.11 Å². The van der Waals surface area contributed by atoms with E-state index in [1.807, 2.05) is 0 Å². The fraction of sp³-hybridized carbons (Fsp3) is 0.167. The van der Waals surface area contributed by atoms with Crippen molar-refractivity contribution in [3.63, 3.8) is 0 Å². The van der Waals surface area contributed by atoms with Crippen molar-refractivity contribution < 1.29 is 13.9 Å². The van der Waals surface area contributed by atoms with E-state index in [9.17, 15) is 18.7 Å². The molecule has 36 heavy (non-hydrogen) atoms.